The number of Topliss-reactive ketones (excluding diaryl/α,β-unsaturated/α-hetero) is 1. The van der Waals surface area contributed by atoms with Gasteiger partial charge < -0.3 is 14.3 Å². The molecule has 0 unspecified atom stereocenters. The van der Waals surface area contributed by atoms with E-state index < -0.39 is 23.4 Å². The molecule has 6 nitrogen and oxygen atoms in total. The molecule has 2 aromatic heterocycles. The van der Waals surface area contributed by atoms with Crippen molar-refractivity contribution in [3.63, 3.8) is 0 Å². The van der Waals surface area contributed by atoms with Gasteiger partial charge in [0.05, 0.1) is 17.6 Å². The number of benzene rings is 2. The number of rotatable bonds is 6. The standard InChI is InChI=1S/C22H15F2NO5S/c1-10-3-5-13(19(24)18(10)23)20-17(22(27)28)11(9-31-20)7-15(26)21-25-14-8-12(29-2)4-6-16(14)30-21/h3-6,8-9H,7H2,1-2H3,(H,27,28). The number of halogens is 2. The smallest absolute Gasteiger partial charge is 0.337 e. The summed E-state index contributed by atoms with van der Waals surface area (Å²) in [5.41, 5.74) is 0.655. The summed E-state index contributed by atoms with van der Waals surface area (Å²) in [6.07, 6.45) is -0.321. The number of aromatic carboxylic acids is 1. The van der Waals surface area contributed by atoms with Crippen molar-refractivity contribution in [2.75, 3.05) is 7.11 Å². The zero-order chi connectivity index (χ0) is 22.3. The van der Waals surface area contributed by atoms with Gasteiger partial charge in [-0.1, -0.05) is 12.1 Å². The summed E-state index contributed by atoms with van der Waals surface area (Å²) in [5, 5.41) is 11.1. The van der Waals surface area contributed by atoms with Gasteiger partial charge in [0, 0.05) is 18.1 Å². The Morgan fingerprint density at radius 3 is 2.68 bits per heavy atom. The van der Waals surface area contributed by atoms with E-state index in [0.717, 1.165) is 11.3 Å². The van der Waals surface area contributed by atoms with Crippen LogP contribution in [0.3, 0.4) is 0 Å². The van der Waals surface area contributed by atoms with Crippen LogP contribution in [-0.2, 0) is 6.42 Å². The lowest BCUT2D eigenvalue weighted by Gasteiger charge is -2.06. The van der Waals surface area contributed by atoms with E-state index in [1.54, 1.807) is 18.2 Å². The molecule has 9 heteroatoms. The van der Waals surface area contributed by atoms with Crippen molar-refractivity contribution in [1.29, 1.82) is 0 Å². The number of aromatic nitrogens is 1. The Hall–Kier alpha value is -3.59. The summed E-state index contributed by atoms with van der Waals surface area (Å²) >= 11 is 0.926. The van der Waals surface area contributed by atoms with Crippen LogP contribution in [0.25, 0.3) is 21.5 Å². The number of fused-ring (bicyclic) bond motifs is 1. The van der Waals surface area contributed by atoms with Crippen LogP contribution in [0, 0.1) is 18.6 Å². The SMILES string of the molecule is COc1ccc2oc(C(=O)Cc3csc(-c4ccc(C)c(F)c4F)c3C(=O)O)nc2c1. The summed E-state index contributed by atoms with van der Waals surface area (Å²) in [7, 11) is 1.50. The number of aryl methyl sites for hydroxylation is 1. The number of ether oxygens (including phenoxy) is 1. The first-order valence-corrected chi connectivity index (χ1v) is 9.94. The van der Waals surface area contributed by atoms with E-state index in [9.17, 15) is 23.5 Å². The molecule has 0 bridgehead atoms. The third-order valence-electron chi connectivity index (χ3n) is 4.79. The van der Waals surface area contributed by atoms with Crippen molar-refractivity contribution in [3.8, 4) is 16.2 Å². The van der Waals surface area contributed by atoms with Gasteiger partial charge in [0.2, 0.25) is 5.78 Å². The molecule has 0 saturated carbocycles. The fourth-order valence-electron chi connectivity index (χ4n) is 3.18. The highest BCUT2D eigenvalue weighted by Gasteiger charge is 2.26. The number of methoxy groups -OCH3 is 1. The van der Waals surface area contributed by atoms with E-state index in [2.05, 4.69) is 4.98 Å². The molecule has 2 heterocycles. The number of carboxylic acids is 1. The quantitative estimate of drug-likeness (QED) is 0.408. The number of hydrogen-bond donors (Lipinski definition) is 1. The Labute approximate surface area is 178 Å². The second kappa shape index (κ2) is 7.92. The maximum atomic E-state index is 14.4. The molecular formula is C22H15F2NO5S. The normalized spacial score (nSPS) is 11.1. The fourth-order valence-corrected chi connectivity index (χ4v) is 4.26. The number of carbonyl (C=O) groups excluding carboxylic acids is 1. The third-order valence-corrected chi connectivity index (χ3v) is 5.85. The van der Waals surface area contributed by atoms with Gasteiger partial charge in [0.15, 0.2) is 17.2 Å². The summed E-state index contributed by atoms with van der Waals surface area (Å²) < 4.78 is 39.0. The predicted molar refractivity (Wildman–Crippen MR) is 110 cm³/mol. The van der Waals surface area contributed by atoms with Crippen LogP contribution in [0.15, 0.2) is 40.1 Å². The summed E-state index contributed by atoms with van der Waals surface area (Å²) in [5.74, 6) is -3.70. The summed E-state index contributed by atoms with van der Waals surface area (Å²) in [6.45, 7) is 1.41. The minimum absolute atomic E-state index is 0.0361. The largest absolute Gasteiger partial charge is 0.497 e. The third kappa shape index (κ3) is 3.68. The average Bonchev–Trinajstić information content (AvgIpc) is 3.35. The Bertz CT molecular complexity index is 1340. The van der Waals surface area contributed by atoms with Crippen LogP contribution < -0.4 is 4.74 Å². The van der Waals surface area contributed by atoms with Crippen LogP contribution in [-0.4, -0.2) is 29.0 Å². The van der Waals surface area contributed by atoms with Gasteiger partial charge in [-0.05, 0) is 35.6 Å². The zero-order valence-electron chi connectivity index (χ0n) is 16.4. The van der Waals surface area contributed by atoms with Crippen LogP contribution >= 0.6 is 11.3 Å². The van der Waals surface area contributed by atoms with Crippen molar-refractivity contribution in [2.45, 2.75) is 13.3 Å². The molecule has 4 aromatic rings. The Balaban J connectivity index is 1.70. The minimum Gasteiger partial charge on any atom is -0.497 e. The molecule has 4 rings (SSSR count). The second-order valence-corrected chi connectivity index (χ2v) is 7.66. The first kappa shape index (κ1) is 20.7. The van der Waals surface area contributed by atoms with E-state index in [-0.39, 0.29) is 39.4 Å². The van der Waals surface area contributed by atoms with Gasteiger partial charge in [-0.15, -0.1) is 11.3 Å². The van der Waals surface area contributed by atoms with Crippen molar-refractivity contribution < 1.29 is 32.6 Å². The van der Waals surface area contributed by atoms with Gasteiger partial charge in [0.1, 0.15) is 11.3 Å². The van der Waals surface area contributed by atoms with E-state index in [1.807, 2.05) is 0 Å². The Morgan fingerprint density at radius 2 is 1.97 bits per heavy atom. The molecule has 158 valence electrons. The maximum absolute atomic E-state index is 14.4. The van der Waals surface area contributed by atoms with Gasteiger partial charge in [-0.25, -0.2) is 18.6 Å². The van der Waals surface area contributed by atoms with Crippen LogP contribution in [0.5, 0.6) is 5.75 Å². The van der Waals surface area contributed by atoms with Gasteiger partial charge in [-0.2, -0.15) is 0 Å². The molecule has 0 aliphatic carbocycles. The van der Waals surface area contributed by atoms with Gasteiger partial charge in [-0.3, -0.25) is 4.79 Å². The van der Waals surface area contributed by atoms with Crippen molar-refractivity contribution >= 4 is 34.2 Å². The molecule has 0 atom stereocenters. The summed E-state index contributed by atoms with van der Waals surface area (Å²) in [6, 6.07) is 7.57. The van der Waals surface area contributed by atoms with E-state index >= 15 is 0 Å². The molecular weight excluding hydrogens is 428 g/mol. The van der Waals surface area contributed by atoms with Crippen LogP contribution in [0.2, 0.25) is 0 Å². The van der Waals surface area contributed by atoms with Crippen molar-refractivity contribution in [2.24, 2.45) is 0 Å². The van der Waals surface area contributed by atoms with Crippen molar-refractivity contribution in [1.82, 2.24) is 4.98 Å². The molecule has 0 radical (unpaired) electrons. The zero-order valence-corrected chi connectivity index (χ0v) is 17.2. The number of ketones is 1. The van der Waals surface area contributed by atoms with Crippen LogP contribution in [0.4, 0.5) is 8.78 Å². The van der Waals surface area contributed by atoms with Crippen LogP contribution in [0.1, 0.15) is 32.2 Å². The lowest BCUT2D eigenvalue weighted by Crippen LogP contribution is -2.08. The fraction of sp³-hybridized carbons (Fsp3) is 0.136. The number of oxazole rings is 1. The monoisotopic (exact) mass is 443 g/mol. The molecule has 1 N–H and O–H groups in total. The highest BCUT2D eigenvalue weighted by molar-refractivity contribution is 7.14. The van der Waals surface area contributed by atoms with E-state index in [0.29, 0.717) is 16.8 Å². The minimum atomic E-state index is -1.35. The first-order valence-electron chi connectivity index (χ1n) is 9.06. The lowest BCUT2D eigenvalue weighted by atomic mass is 10.0. The first-order chi connectivity index (χ1) is 14.8. The Kier molecular flexibility index (Phi) is 5.28. The molecule has 0 aliphatic heterocycles. The highest BCUT2D eigenvalue weighted by Crippen LogP contribution is 2.36. The number of hydrogen-bond acceptors (Lipinski definition) is 6. The number of carbonyl (C=O) groups is 2. The number of nitrogens with zero attached hydrogens (tertiary/aromatic N) is 1. The predicted octanol–water partition coefficient (Wildman–Crippen LogP) is 5.28. The second-order valence-electron chi connectivity index (χ2n) is 6.78. The molecule has 0 amide bonds. The van der Waals surface area contributed by atoms with Gasteiger partial charge in [0.25, 0.3) is 5.89 Å². The number of thiophene rings is 1. The number of carboxylic acid groups (broad SMARTS) is 1. The molecule has 2 aromatic carbocycles. The average molecular weight is 443 g/mol. The molecule has 0 spiro atoms. The molecule has 31 heavy (non-hydrogen) atoms. The Morgan fingerprint density at radius 1 is 1.19 bits per heavy atom. The summed E-state index contributed by atoms with van der Waals surface area (Å²) in [4.78, 5) is 28.8. The highest BCUT2D eigenvalue weighted by atomic mass is 32.1. The molecule has 0 fully saturated rings. The lowest BCUT2D eigenvalue weighted by molar-refractivity contribution is 0.0697. The molecule has 0 saturated heterocycles. The van der Waals surface area contributed by atoms with Crippen molar-refractivity contribution in [3.05, 3.63) is 69.9 Å². The maximum Gasteiger partial charge on any atom is 0.337 e. The molecule has 0 aliphatic rings. The van der Waals surface area contributed by atoms with E-state index in [4.69, 9.17) is 9.15 Å². The van der Waals surface area contributed by atoms with Gasteiger partial charge >= 0.3 is 5.97 Å². The topological polar surface area (TPSA) is 89.6 Å². The van der Waals surface area contributed by atoms with E-state index in [1.165, 1.54) is 31.5 Å².